The van der Waals surface area contributed by atoms with Gasteiger partial charge in [0, 0.05) is 26.7 Å². The highest BCUT2D eigenvalue weighted by molar-refractivity contribution is 7.88. The van der Waals surface area contributed by atoms with Crippen molar-refractivity contribution in [3.8, 4) is 0 Å². The number of hydrogen-bond acceptors (Lipinski definition) is 4. The Kier molecular flexibility index (Phi) is 5.96. The van der Waals surface area contributed by atoms with E-state index >= 15 is 0 Å². The number of methoxy groups -OCH3 is 1. The Morgan fingerprint density at radius 2 is 1.84 bits per heavy atom. The van der Waals surface area contributed by atoms with Crippen LogP contribution in [-0.2, 0) is 14.8 Å². The van der Waals surface area contributed by atoms with E-state index in [1.54, 1.807) is 0 Å². The predicted octanol–water partition coefficient (Wildman–Crippen LogP) is 1.53. The quantitative estimate of drug-likeness (QED) is 0.815. The molecule has 0 saturated carbocycles. The van der Waals surface area contributed by atoms with Gasteiger partial charge in [0.15, 0.2) is 0 Å². The van der Waals surface area contributed by atoms with E-state index in [9.17, 15) is 22.0 Å². The Bertz CT molecular complexity index is 714. The van der Waals surface area contributed by atoms with E-state index in [2.05, 4.69) is 10.6 Å². The number of nitrogens with zero attached hydrogens (tertiary/aromatic N) is 1. The van der Waals surface area contributed by atoms with Crippen molar-refractivity contribution < 1.29 is 26.7 Å². The lowest BCUT2D eigenvalue weighted by molar-refractivity contribution is -0.0415. The molecule has 0 aromatic heterocycles. The lowest BCUT2D eigenvalue weighted by Gasteiger charge is -2.39. The van der Waals surface area contributed by atoms with E-state index < -0.39 is 39.0 Å². The van der Waals surface area contributed by atoms with Gasteiger partial charge in [-0.25, -0.2) is 26.3 Å². The maximum absolute atomic E-state index is 13.5. The van der Waals surface area contributed by atoms with Gasteiger partial charge in [-0.2, -0.15) is 0 Å². The van der Waals surface area contributed by atoms with Crippen molar-refractivity contribution in [2.75, 3.05) is 38.3 Å². The molecule has 2 N–H and O–H groups in total. The Morgan fingerprint density at radius 3 is 2.32 bits per heavy atom. The summed E-state index contributed by atoms with van der Waals surface area (Å²) in [6, 6.07) is 2.50. The predicted molar refractivity (Wildman–Crippen MR) is 88.8 cm³/mol. The van der Waals surface area contributed by atoms with Crippen molar-refractivity contribution in [3.63, 3.8) is 0 Å². The van der Waals surface area contributed by atoms with Gasteiger partial charge in [0.05, 0.1) is 11.9 Å². The van der Waals surface area contributed by atoms with Crippen LogP contribution in [0.2, 0.25) is 0 Å². The van der Waals surface area contributed by atoms with Crippen molar-refractivity contribution in [2.24, 2.45) is 0 Å². The summed E-state index contributed by atoms with van der Waals surface area (Å²) in [5.74, 6) is -1.75. The van der Waals surface area contributed by atoms with Gasteiger partial charge in [0.25, 0.3) is 0 Å². The molecule has 0 bridgehead atoms. The third kappa shape index (κ3) is 4.86. The fourth-order valence-electron chi connectivity index (χ4n) is 2.69. The summed E-state index contributed by atoms with van der Waals surface area (Å²) in [5.41, 5.74) is -1.26. The van der Waals surface area contributed by atoms with Gasteiger partial charge >= 0.3 is 6.03 Å². The number of hydrogen-bond donors (Lipinski definition) is 2. The number of amides is 2. The van der Waals surface area contributed by atoms with Gasteiger partial charge in [-0.15, -0.1) is 0 Å². The second kappa shape index (κ2) is 7.63. The standard InChI is InChI=1S/C15H21F2N3O4S/c1-24-15(6-8-20(9-7-15)25(2,22)23)10-18-14(21)19-13-11(16)4-3-5-12(13)17/h3-5H,6-10H2,1-2H3,(H2,18,19,21). The first-order valence-electron chi connectivity index (χ1n) is 7.66. The van der Waals surface area contributed by atoms with Gasteiger partial charge in [0.2, 0.25) is 10.0 Å². The molecular weight excluding hydrogens is 356 g/mol. The Morgan fingerprint density at radius 1 is 1.28 bits per heavy atom. The number of carbonyl (C=O) groups is 1. The van der Waals surface area contributed by atoms with Crippen LogP contribution in [0, 0.1) is 11.6 Å². The molecule has 1 aliphatic rings. The van der Waals surface area contributed by atoms with Gasteiger partial charge < -0.3 is 15.4 Å². The molecular formula is C15H21F2N3O4S. The highest BCUT2D eigenvalue weighted by Crippen LogP contribution is 2.26. The van der Waals surface area contributed by atoms with E-state index in [0.29, 0.717) is 12.8 Å². The van der Waals surface area contributed by atoms with Crippen LogP contribution in [0.3, 0.4) is 0 Å². The van der Waals surface area contributed by atoms with Gasteiger partial charge in [-0.1, -0.05) is 6.07 Å². The molecule has 140 valence electrons. The third-order valence-corrected chi connectivity index (χ3v) is 5.61. The van der Waals surface area contributed by atoms with Crippen LogP contribution in [0.4, 0.5) is 19.3 Å². The molecule has 0 spiro atoms. The van der Waals surface area contributed by atoms with Crippen LogP contribution in [0.15, 0.2) is 18.2 Å². The molecule has 0 atom stereocenters. The summed E-state index contributed by atoms with van der Waals surface area (Å²) < 4.78 is 57.0. The molecule has 2 rings (SSSR count). The van der Waals surface area contributed by atoms with Crippen molar-refractivity contribution in [2.45, 2.75) is 18.4 Å². The molecule has 1 aliphatic heterocycles. The smallest absolute Gasteiger partial charge is 0.319 e. The highest BCUT2D eigenvalue weighted by atomic mass is 32.2. The van der Waals surface area contributed by atoms with Crippen LogP contribution < -0.4 is 10.6 Å². The second-order valence-electron chi connectivity index (χ2n) is 5.95. The number of anilines is 1. The van der Waals surface area contributed by atoms with E-state index in [1.165, 1.54) is 17.5 Å². The molecule has 25 heavy (non-hydrogen) atoms. The number of urea groups is 1. The second-order valence-corrected chi connectivity index (χ2v) is 7.94. The zero-order valence-corrected chi connectivity index (χ0v) is 14.8. The highest BCUT2D eigenvalue weighted by Gasteiger charge is 2.37. The molecule has 1 heterocycles. The summed E-state index contributed by atoms with van der Waals surface area (Å²) >= 11 is 0. The normalized spacial score (nSPS) is 17.9. The van der Waals surface area contributed by atoms with Crippen LogP contribution >= 0.6 is 0 Å². The third-order valence-electron chi connectivity index (χ3n) is 4.31. The number of sulfonamides is 1. The van der Waals surface area contributed by atoms with Crippen molar-refractivity contribution in [1.29, 1.82) is 0 Å². The fraction of sp³-hybridized carbons (Fsp3) is 0.533. The summed E-state index contributed by atoms with van der Waals surface area (Å²) in [6.45, 7) is 0.638. The Balaban J connectivity index is 1.94. The summed E-state index contributed by atoms with van der Waals surface area (Å²) in [7, 11) is -1.79. The minimum atomic E-state index is -3.27. The molecule has 2 amide bonds. The summed E-state index contributed by atoms with van der Waals surface area (Å²) in [4.78, 5) is 11.9. The molecule has 1 aromatic carbocycles. The maximum Gasteiger partial charge on any atom is 0.319 e. The molecule has 0 unspecified atom stereocenters. The number of benzene rings is 1. The van der Waals surface area contributed by atoms with Crippen molar-refractivity contribution in [1.82, 2.24) is 9.62 Å². The zero-order valence-electron chi connectivity index (χ0n) is 14.0. The lowest BCUT2D eigenvalue weighted by atomic mass is 9.92. The van der Waals surface area contributed by atoms with E-state index in [1.807, 2.05) is 0 Å². The number of rotatable bonds is 5. The minimum absolute atomic E-state index is 0.0863. The monoisotopic (exact) mass is 377 g/mol. The largest absolute Gasteiger partial charge is 0.376 e. The maximum atomic E-state index is 13.5. The zero-order chi connectivity index (χ0) is 18.7. The Labute approximate surface area is 145 Å². The topological polar surface area (TPSA) is 87.7 Å². The Hall–Kier alpha value is -1.78. The average molecular weight is 377 g/mol. The number of ether oxygens (including phenoxy) is 1. The number of nitrogens with one attached hydrogen (secondary N) is 2. The number of piperidine rings is 1. The van der Waals surface area contributed by atoms with E-state index in [4.69, 9.17) is 4.74 Å². The van der Waals surface area contributed by atoms with Crippen LogP contribution in [0.1, 0.15) is 12.8 Å². The minimum Gasteiger partial charge on any atom is -0.376 e. The van der Waals surface area contributed by atoms with Crippen molar-refractivity contribution >= 4 is 21.7 Å². The number of para-hydroxylation sites is 1. The fourth-order valence-corrected chi connectivity index (χ4v) is 3.54. The molecule has 7 nitrogen and oxygen atoms in total. The molecule has 0 aliphatic carbocycles. The number of halogens is 2. The van der Waals surface area contributed by atoms with Gasteiger partial charge in [-0.3, -0.25) is 0 Å². The molecule has 1 aromatic rings. The van der Waals surface area contributed by atoms with Crippen LogP contribution in [-0.4, -0.2) is 57.4 Å². The SMILES string of the molecule is COC1(CNC(=O)Nc2c(F)cccc2F)CCN(S(C)(=O)=O)CC1. The summed E-state index contributed by atoms with van der Waals surface area (Å²) in [6.07, 6.45) is 1.93. The first kappa shape index (κ1) is 19.5. The van der Waals surface area contributed by atoms with Gasteiger partial charge in [0.1, 0.15) is 17.3 Å². The molecule has 1 fully saturated rings. The molecule has 0 radical (unpaired) electrons. The number of carbonyl (C=O) groups excluding carboxylic acids is 1. The summed E-state index contributed by atoms with van der Waals surface area (Å²) in [5, 5.41) is 4.65. The van der Waals surface area contributed by atoms with E-state index in [0.717, 1.165) is 18.4 Å². The molecule has 1 saturated heterocycles. The van der Waals surface area contributed by atoms with Crippen molar-refractivity contribution in [3.05, 3.63) is 29.8 Å². The molecule has 10 heteroatoms. The van der Waals surface area contributed by atoms with Crippen LogP contribution in [0.25, 0.3) is 0 Å². The average Bonchev–Trinajstić information content (AvgIpc) is 2.56. The first-order chi connectivity index (χ1) is 11.7. The van der Waals surface area contributed by atoms with Crippen LogP contribution in [0.5, 0.6) is 0 Å². The van der Waals surface area contributed by atoms with E-state index in [-0.39, 0.29) is 19.6 Å². The first-order valence-corrected chi connectivity index (χ1v) is 9.51. The lowest BCUT2D eigenvalue weighted by Crippen LogP contribution is -2.53. The van der Waals surface area contributed by atoms with Gasteiger partial charge in [-0.05, 0) is 25.0 Å².